The maximum atomic E-state index is 12.6. The van der Waals surface area contributed by atoms with Crippen LogP contribution in [0.5, 0.6) is 5.75 Å². The lowest BCUT2D eigenvalue weighted by Gasteiger charge is -2.32. The molecule has 33 heavy (non-hydrogen) atoms. The molecule has 1 saturated heterocycles. The zero-order chi connectivity index (χ0) is 23.2. The Bertz CT molecular complexity index is 1120. The number of carbonyl (C=O) groups excluding carboxylic acids is 1. The number of nitrogens with zero attached hydrogens (tertiary/aromatic N) is 3. The van der Waals surface area contributed by atoms with Crippen LogP contribution >= 0.6 is 23.8 Å². The maximum Gasteiger partial charge on any atom is 0.240 e. The molecule has 2 N–H and O–H groups in total. The summed E-state index contributed by atoms with van der Waals surface area (Å²) < 4.78 is 7.36. The predicted octanol–water partition coefficient (Wildman–Crippen LogP) is 4.30. The average Bonchev–Trinajstić information content (AvgIpc) is 3.19. The Morgan fingerprint density at radius 1 is 1.18 bits per heavy atom. The van der Waals surface area contributed by atoms with Crippen molar-refractivity contribution in [2.75, 3.05) is 26.7 Å². The number of methoxy groups -OCH3 is 1. The third-order valence-electron chi connectivity index (χ3n) is 6.02. The van der Waals surface area contributed by atoms with Crippen molar-refractivity contribution in [2.45, 2.75) is 25.9 Å². The summed E-state index contributed by atoms with van der Waals surface area (Å²) in [6.45, 7) is 3.80. The minimum absolute atomic E-state index is 0.0663. The van der Waals surface area contributed by atoms with Crippen LogP contribution in [0.4, 0.5) is 0 Å². The van der Waals surface area contributed by atoms with Gasteiger partial charge >= 0.3 is 0 Å². The van der Waals surface area contributed by atoms with Gasteiger partial charge in [0, 0.05) is 23.7 Å². The first-order valence-electron chi connectivity index (χ1n) is 11.0. The number of carbonyl (C=O) groups is 1. The van der Waals surface area contributed by atoms with Crippen molar-refractivity contribution in [3.05, 3.63) is 63.9 Å². The Hall–Kier alpha value is -2.68. The first-order valence-corrected chi connectivity index (χ1v) is 11.8. The van der Waals surface area contributed by atoms with Crippen molar-refractivity contribution < 1.29 is 9.53 Å². The van der Waals surface area contributed by atoms with Crippen LogP contribution in [0.3, 0.4) is 0 Å². The lowest BCUT2D eigenvalue weighted by Crippen LogP contribution is -2.39. The van der Waals surface area contributed by atoms with E-state index < -0.39 is 0 Å². The van der Waals surface area contributed by atoms with Crippen molar-refractivity contribution in [1.29, 1.82) is 0 Å². The molecule has 0 spiro atoms. The monoisotopic (exact) mass is 485 g/mol. The van der Waals surface area contributed by atoms with Gasteiger partial charge < -0.3 is 10.1 Å². The molecule has 0 aliphatic carbocycles. The van der Waals surface area contributed by atoms with Crippen LogP contribution < -0.4 is 10.1 Å². The van der Waals surface area contributed by atoms with Gasteiger partial charge in [-0.3, -0.25) is 19.4 Å². The van der Waals surface area contributed by atoms with Crippen LogP contribution in [0.25, 0.3) is 11.4 Å². The van der Waals surface area contributed by atoms with Crippen LogP contribution in [0.1, 0.15) is 18.4 Å². The Morgan fingerprint density at radius 3 is 2.55 bits per heavy atom. The summed E-state index contributed by atoms with van der Waals surface area (Å²) >= 11 is 11.3. The van der Waals surface area contributed by atoms with Gasteiger partial charge in [-0.2, -0.15) is 5.10 Å². The average molecular weight is 486 g/mol. The van der Waals surface area contributed by atoms with Gasteiger partial charge in [-0.05, 0) is 86.0 Å². The van der Waals surface area contributed by atoms with Crippen molar-refractivity contribution in [3.8, 4) is 17.1 Å². The number of halogens is 1. The molecule has 9 heteroatoms. The third-order valence-corrected chi connectivity index (χ3v) is 6.59. The van der Waals surface area contributed by atoms with Gasteiger partial charge in [0.1, 0.15) is 12.3 Å². The number of benzene rings is 2. The number of nitrogens with one attached hydrogen (secondary N) is 2. The standard InChI is InChI=1S/C24H28ClN5O2S/c1-32-21-8-2-18(3-9-21)15-29-12-10-17(11-13-29)14-26-22(31)16-30-23(27-28-24(30)33)19-4-6-20(25)7-5-19/h2-9,17H,10-16H2,1H3,(H,26,31)(H,28,33). The van der Waals surface area contributed by atoms with Gasteiger partial charge in [-0.25, -0.2) is 0 Å². The van der Waals surface area contributed by atoms with E-state index in [9.17, 15) is 4.79 Å². The topological polar surface area (TPSA) is 75.2 Å². The van der Waals surface area contributed by atoms with Crippen LogP contribution in [0, 0.1) is 10.7 Å². The van der Waals surface area contributed by atoms with E-state index in [1.807, 2.05) is 24.3 Å². The van der Waals surface area contributed by atoms with Crippen molar-refractivity contribution in [2.24, 2.45) is 5.92 Å². The molecule has 0 saturated carbocycles. The van der Waals surface area contributed by atoms with Crippen molar-refractivity contribution >= 4 is 29.7 Å². The molecule has 1 fully saturated rings. The molecule has 1 aliphatic heterocycles. The Balaban J connectivity index is 1.24. The summed E-state index contributed by atoms with van der Waals surface area (Å²) in [7, 11) is 1.68. The molecule has 174 valence electrons. The fourth-order valence-electron chi connectivity index (χ4n) is 4.08. The molecule has 0 bridgehead atoms. The Kier molecular flexibility index (Phi) is 7.80. The van der Waals surface area contributed by atoms with Gasteiger partial charge in [0.25, 0.3) is 0 Å². The molecule has 7 nitrogen and oxygen atoms in total. The largest absolute Gasteiger partial charge is 0.497 e. The normalized spacial score (nSPS) is 14.8. The predicted molar refractivity (Wildman–Crippen MR) is 132 cm³/mol. The highest BCUT2D eigenvalue weighted by molar-refractivity contribution is 7.71. The molecule has 0 atom stereocenters. The Labute approximate surface area is 203 Å². The quantitative estimate of drug-likeness (QED) is 0.465. The first kappa shape index (κ1) is 23.5. The number of hydrogen-bond acceptors (Lipinski definition) is 5. The van der Waals surface area contributed by atoms with Crippen molar-refractivity contribution in [1.82, 2.24) is 25.0 Å². The second-order valence-electron chi connectivity index (χ2n) is 8.32. The molecule has 2 aromatic carbocycles. The second kappa shape index (κ2) is 11.0. The summed E-state index contributed by atoms with van der Waals surface area (Å²) in [5.41, 5.74) is 2.14. The zero-order valence-electron chi connectivity index (χ0n) is 18.6. The smallest absolute Gasteiger partial charge is 0.240 e. The second-order valence-corrected chi connectivity index (χ2v) is 9.14. The maximum absolute atomic E-state index is 12.6. The molecule has 4 rings (SSSR count). The fourth-order valence-corrected chi connectivity index (χ4v) is 4.40. The van der Waals surface area contributed by atoms with Crippen molar-refractivity contribution in [3.63, 3.8) is 0 Å². The number of ether oxygens (including phenoxy) is 1. The zero-order valence-corrected chi connectivity index (χ0v) is 20.2. The highest BCUT2D eigenvalue weighted by Gasteiger charge is 2.20. The van der Waals surface area contributed by atoms with E-state index >= 15 is 0 Å². The first-order chi connectivity index (χ1) is 16.0. The minimum atomic E-state index is -0.0663. The highest BCUT2D eigenvalue weighted by atomic mass is 35.5. The van der Waals surface area contributed by atoms with Gasteiger partial charge in [-0.1, -0.05) is 23.7 Å². The summed E-state index contributed by atoms with van der Waals surface area (Å²) in [6, 6.07) is 15.5. The van der Waals surface area contributed by atoms with Gasteiger partial charge in [0.05, 0.1) is 7.11 Å². The van der Waals surface area contributed by atoms with E-state index in [-0.39, 0.29) is 12.5 Å². The lowest BCUT2D eigenvalue weighted by atomic mass is 9.96. The summed E-state index contributed by atoms with van der Waals surface area (Å²) in [5, 5.41) is 10.8. The molecule has 0 unspecified atom stereocenters. The van der Waals surface area contributed by atoms with E-state index in [0.717, 1.165) is 43.8 Å². The number of piperidine rings is 1. The van der Waals surface area contributed by atoms with Gasteiger partial charge in [-0.15, -0.1) is 0 Å². The minimum Gasteiger partial charge on any atom is -0.497 e. The Morgan fingerprint density at radius 2 is 1.88 bits per heavy atom. The number of rotatable bonds is 8. The van der Waals surface area contributed by atoms with E-state index in [1.54, 1.807) is 23.8 Å². The molecule has 2 heterocycles. The number of likely N-dealkylation sites (tertiary alicyclic amines) is 1. The van der Waals surface area contributed by atoms with Crippen LogP contribution in [0.15, 0.2) is 48.5 Å². The number of H-pyrrole nitrogens is 1. The SMILES string of the molecule is COc1ccc(CN2CCC(CNC(=O)Cn3c(-c4ccc(Cl)cc4)n[nH]c3=S)CC2)cc1. The van der Waals surface area contributed by atoms with Crippen LogP contribution in [-0.2, 0) is 17.9 Å². The molecule has 1 amide bonds. The van der Waals surface area contributed by atoms with E-state index in [4.69, 9.17) is 28.6 Å². The van der Waals surface area contributed by atoms with E-state index in [2.05, 4.69) is 32.5 Å². The fraction of sp³-hybridized carbons (Fsp3) is 0.375. The van der Waals surface area contributed by atoms with Crippen LogP contribution in [0.2, 0.25) is 5.02 Å². The molecule has 0 radical (unpaired) electrons. The van der Waals surface area contributed by atoms with Crippen LogP contribution in [-0.4, -0.2) is 52.3 Å². The van der Waals surface area contributed by atoms with E-state index in [1.165, 1.54) is 5.56 Å². The van der Waals surface area contributed by atoms with Gasteiger partial charge in [0.15, 0.2) is 10.6 Å². The summed E-state index contributed by atoms with van der Waals surface area (Å²) in [4.78, 5) is 15.1. The lowest BCUT2D eigenvalue weighted by molar-refractivity contribution is -0.121. The summed E-state index contributed by atoms with van der Waals surface area (Å²) in [6.07, 6.45) is 2.13. The molecule has 3 aromatic rings. The van der Waals surface area contributed by atoms with Gasteiger partial charge in [0.2, 0.25) is 5.91 Å². The number of hydrogen-bond donors (Lipinski definition) is 2. The third kappa shape index (κ3) is 6.22. The number of amides is 1. The molecular weight excluding hydrogens is 458 g/mol. The van der Waals surface area contributed by atoms with E-state index in [0.29, 0.717) is 28.1 Å². The number of aromatic nitrogens is 3. The summed E-state index contributed by atoms with van der Waals surface area (Å²) in [5.74, 6) is 1.92. The molecule has 1 aliphatic rings. The highest BCUT2D eigenvalue weighted by Crippen LogP contribution is 2.21. The molecular formula is C24H28ClN5O2S. The molecule has 1 aromatic heterocycles. The number of aromatic amines is 1.